The molecule has 0 bridgehead atoms. The summed E-state index contributed by atoms with van der Waals surface area (Å²) in [6.45, 7) is 0.0729. The summed E-state index contributed by atoms with van der Waals surface area (Å²) in [6.07, 6.45) is 3.26. The zero-order valence-electron chi connectivity index (χ0n) is 16.3. The van der Waals surface area contributed by atoms with Crippen molar-refractivity contribution < 1.29 is 13.2 Å². The van der Waals surface area contributed by atoms with E-state index >= 15 is 0 Å². The molecule has 7 nitrogen and oxygen atoms in total. The third-order valence-corrected chi connectivity index (χ3v) is 6.88. The molecule has 0 saturated carbocycles. The number of halogens is 1. The summed E-state index contributed by atoms with van der Waals surface area (Å²) >= 11 is 6.19. The van der Waals surface area contributed by atoms with Crippen molar-refractivity contribution in [3.8, 4) is 0 Å². The summed E-state index contributed by atoms with van der Waals surface area (Å²) in [5, 5.41) is 0.841. The number of amides is 1. The Balaban J connectivity index is 1.96. The van der Waals surface area contributed by atoms with E-state index in [1.54, 1.807) is 65.8 Å². The first-order valence-corrected chi connectivity index (χ1v) is 11.3. The van der Waals surface area contributed by atoms with Gasteiger partial charge in [0.2, 0.25) is 15.7 Å². The molecule has 0 aliphatic carbocycles. The number of aromatic amines is 1. The van der Waals surface area contributed by atoms with E-state index in [-0.39, 0.29) is 28.7 Å². The monoisotopic (exact) mass is 454 g/mol. The van der Waals surface area contributed by atoms with Crippen LogP contribution in [0.5, 0.6) is 0 Å². The number of anilines is 1. The van der Waals surface area contributed by atoms with Gasteiger partial charge in [-0.1, -0.05) is 29.8 Å². The van der Waals surface area contributed by atoms with Crippen LogP contribution in [0.4, 0.5) is 5.82 Å². The zero-order valence-corrected chi connectivity index (χ0v) is 17.9. The highest BCUT2D eigenvalue weighted by atomic mass is 35.5. The molecule has 0 spiro atoms. The molecule has 31 heavy (non-hydrogen) atoms. The van der Waals surface area contributed by atoms with Crippen molar-refractivity contribution in [3.63, 3.8) is 0 Å². The van der Waals surface area contributed by atoms with Crippen LogP contribution >= 0.6 is 11.6 Å². The number of sulfone groups is 1. The van der Waals surface area contributed by atoms with Crippen molar-refractivity contribution in [2.24, 2.45) is 5.73 Å². The van der Waals surface area contributed by atoms with Gasteiger partial charge in [0.05, 0.1) is 11.4 Å². The number of nitrogens with one attached hydrogen (secondary N) is 1. The summed E-state index contributed by atoms with van der Waals surface area (Å²) in [7, 11) is -3.94. The molecule has 1 amide bonds. The first-order chi connectivity index (χ1) is 14.9. The molecule has 0 radical (unpaired) electrons. The Labute approximate surface area is 184 Å². The number of nitrogens with zero attached hydrogens (tertiary/aromatic N) is 2. The van der Waals surface area contributed by atoms with Crippen LogP contribution in [0.15, 0.2) is 82.8 Å². The van der Waals surface area contributed by atoms with E-state index in [2.05, 4.69) is 9.97 Å². The van der Waals surface area contributed by atoms with Crippen molar-refractivity contribution in [3.05, 3.63) is 83.6 Å². The van der Waals surface area contributed by atoms with Gasteiger partial charge in [-0.25, -0.2) is 8.42 Å². The maximum Gasteiger partial charge on any atom is 0.237 e. The van der Waals surface area contributed by atoms with Gasteiger partial charge in [0, 0.05) is 34.9 Å². The van der Waals surface area contributed by atoms with Crippen LogP contribution in [-0.2, 0) is 21.2 Å². The van der Waals surface area contributed by atoms with E-state index in [1.807, 2.05) is 0 Å². The van der Waals surface area contributed by atoms with E-state index in [4.69, 9.17) is 17.3 Å². The molecular formula is C22H19ClN4O3S. The number of nitrogens with two attached hydrogens (primary N) is 1. The second-order valence-corrected chi connectivity index (χ2v) is 9.31. The standard InChI is InChI=1S/C22H19ClN4O3S/c23-16-6-7-19-18(12-16)21(31(29,30)17-4-2-1-3-5-17)22(26-19)27(14-20(24)28)13-15-8-10-25-11-9-15/h1-12,26H,13-14H2,(H2,24,28). The quantitative estimate of drug-likeness (QED) is 0.444. The average molecular weight is 455 g/mol. The Hall–Kier alpha value is -3.36. The van der Waals surface area contributed by atoms with Crippen LogP contribution in [0.25, 0.3) is 10.9 Å². The Kier molecular flexibility index (Phi) is 5.67. The highest BCUT2D eigenvalue weighted by Gasteiger charge is 2.30. The second kappa shape index (κ2) is 8.41. The first-order valence-electron chi connectivity index (χ1n) is 9.40. The van der Waals surface area contributed by atoms with Gasteiger partial charge in [0.1, 0.15) is 10.7 Å². The third-order valence-electron chi connectivity index (χ3n) is 4.80. The van der Waals surface area contributed by atoms with E-state index in [9.17, 15) is 13.2 Å². The molecule has 2 heterocycles. The number of primary amides is 1. The molecule has 0 aliphatic heterocycles. The molecule has 2 aromatic heterocycles. The van der Waals surface area contributed by atoms with Crippen LogP contribution < -0.4 is 10.6 Å². The number of carbonyl (C=O) groups excluding carboxylic acids is 1. The van der Waals surface area contributed by atoms with E-state index in [0.29, 0.717) is 15.9 Å². The summed E-state index contributed by atoms with van der Waals surface area (Å²) in [5.74, 6) is -0.314. The minimum Gasteiger partial charge on any atom is -0.368 e. The fourth-order valence-corrected chi connectivity index (χ4v) is 5.26. The van der Waals surface area contributed by atoms with Crippen LogP contribution in [0, 0.1) is 0 Å². The van der Waals surface area contributed by atoms with Crippen LogP contribution in [0.2, 0.25) is 5.02 Å². The van der Waals surface area contributed by atoms with Gasteiger partial charge >= 0.3 is 0 Å². The largest absolute Gasteiger partial charge is 0.368 e. The number of hydrogen-bond acceptors (Lipinski definition) is 5. The summed E-state index contributed by atoms with van der Waals surface area (Å²) in [6, 6.07) is 16.7. The molecule has 0 unspecified atom stereocenters. The fraction of sp³-hybridized carbons (Fsp3) is 0.0909. The fourth-order valence-electron chi connectivity index (χ4n) is 3.45. The molecule has 9 heteroatoms. The molecule has 2 aromatic carbocycles. The van der Waals surface area contributed by atoms with Gasteiger partial charge in [0.25, 0.3) is 0 Å². The Morgan fingerprint density at radius 3 is 2.45 bits per heavy atom. The normalized spacial score (nSPS) is 11.5. The lowest BCUT2D eigenvalue weighted by Crippen LogP contribution is -2.34. The van der Waals surface area contributed by atoms with E-state index in [0.717, 1.165) is 5.56 Å². The molecule has 4 rings (SSSR count). The van der Waals surface area contributed by atoms with Gasteiger partial charge in [-0.15, -0.1) is 0 Å². The lowest BCUT2D eigenvalue weighted by Gasteiger charge is -2.23. The van der Waals surface area contributed by atoms with Crippen LogP contribution in [0.1, 0.15) is 5.56 Å². The Bertz CT molecular complexity index is 1340. The predicted molar refractivity (Wildman–Crippen MR) is 120 cm³/mol. The van der Waals surface area contributed by atoms with Crippen molar-refractivity contribution >= 4 is 44.1 Å². The van der Waals surface area contributed by atoms with Crippen molar-refractivity contribution in [2.75, 3.05) is 11.4 Å². The van der Waals surface area contributed by atoms with E-state index in [1.165, 1.54) is 12.1 Å². The van der Waals surface area contributed by atoms with Crippen LogP contribution in [-0.4, -0.2) is 30.8 Å². The average Bonchev–Trinajstić information content (AvgIpc) is 3.14. The molecule has 158 valence electrons. The lowest BCUT2D eigenvalue weighted by molar-refractivity contribution is -0.116. The maximum atomic E-state index is 13.7. The minimum atomic E-state index is -3.94. The Morgan fingerprint density at radius 1 is 1.06 bits per heavy atom. The number of fused-ring (bicyclic) bond motifs is 1. The molecular weight excluding hydrogens is 436 g/mol. The smallest absolute Gasteiger partial charge is 0.237 e. The number of pyridine rings is 1. The van der Waals surface area contributed by atoms with Crippen LogP contribution in [0.3, 0.4) is 0 Å². The highest BCUT2D eigenvalue weighted by Crippen LogP contribution is 2.38. The molecule has 0 atom stereocenters. The third kappa shape index (κ3) is 4.26. The number of carbonyl (C=O) groups is 1. The predicted octanol–water partition coefficient (Wildman–Crippen LogP) is 3.54. The number of hydrogen-bond donors (Lipinski definition) is 2. The number of H-pyrrole nitrogens is 1. The van der Waals surface area contributed by atoms with Gasteiger partial charge in [-0.3, -0.25) is 9.78 Å². The SMILES string of the molecule is NC(=O)CN(Cc1ccncc1)c1[nH]c2ccc(Cl)cc2c1S(=O)(=O)c1ccccc1. The topological polar surface area (TPSA) is 109 Å². The molecule has 4 aromatic rings. The van der Waals surface area contributed by atoms with Crippen molar-refractivity contribution in [2.45, 2.75) is 16.3 Å². The zero-order chi connectivity index (χ0) is 22.0. The second-order valence-electron chi connectivity index (χ2n) is 6.99. The Morgan fingerprint density at radius 2 is 1.77 bits per heavy atom. The first kappa shape index (κ1) is 20.9. The summed E-state index contributed by atoms with van der Waals surface area (Å²) in [5.41, 5.74) is 6.92. The highest BCUT2D eigenvalue weighted by molar-refractivity contribution is 7.92. The molecule has 0 saturated heterocycles. The molecule has 0 aliphatic rings. The van der Waals surface area contributed by atoms with Gasteiger partial charge in [-0.2, -0.15) is 0 Å². The van der Waals surface area contributed by atoms with Crippen molar-refractivity contribution in [1.82, 2.24) is 9.97 Å². The van der Waals surface area contributed by atoms with Crippen molar-refractivity contribution in [1.29, 1.82) is 0 Å². The molecule has 0 fully saturated rings. The minimum absolute atomic E-state index is 0.0477. The van der Waals surface area contributed by atoms with Gasteiger partial charge in [-0.05, 0) is 48.0 Å². The lowest BCUT2D eigenvalue weighted by atomic mass is 10.2. The maximum absolute atomic E-state index is 13.7. The summed E-state index contributed by atoms with van der Waals surface area (Å²) in [4.78, 5) is 20.8. The number of aromatic nitrogens is 2. The number of benzene rings is 2. The molecule has 3 N–H and O–H groups in total. The number of rotatable bonds is 7. The van der Waals surface area contributed by atoms with E-state index < -0.39 is 15.7 Å². The summed E-state index contributed by atoms with van der Waals surface area (Å²) < 4.78 is 27.3. The van der Waals surface area contributed by atoms with Gasteiger partial charge in [0.15, 0.2) is 0 Å². The van der Waals surface area contributed by atoms with Gasteiger partial charge < -0.3 is 15.6 Å².